The first-order valence-corrected chi connectivity index (χ1v) is 9.00. The summed E-state index contributed by atoms with van der Waals surface area (Å²) in [6.07, 6.45) is -0.0490. The number of hydrogen-bond donors (Lipinski definition) is 2. The summed E-state index contributed by atoms with van der Waals surface area (Å²) in [7, 11) is 3.05. The lowest BCUT2D eigenvalue weighted by atomic mass is 10.2. The average molecular weight is 400 g/mol. The van der Waals surface area contributed by atoms with Crippen molar-refractivity contribution in [3.05, 3.63) is 59.7 Å². The van der Waals surface area contributed by atoms with Crippen LogP contribution in [0, 0.1) is 0 Å². The monoisotopic (exact) mass is 400 g/mol. The summed E-state index contributed by atoms with van der Waals surface area (Å²) in [5.74, 6) is -0.169. The number of nitrogens with one attached hydrogen (secondary N) is 2. The topological polar surface area (TPSA) is 103 Å². The summed E-state index contributed by atoms with van der Waals surface area (Å²) in [6, 6.07) is 14.0. The maximum Gasteiger partial charge on any atom is 0.308 e. The van der Waals surface area contributed by atoms with Crippen molar-refractivity contribution < 1.29 is 28.6 Å². The summed E-state index contributed by atoms with van der Waals surface area (Å²) in [6.45, 7) is 0.0218. The Bertz CT molecular complexity index is 835. The fraction of sp³-hybridized carbons (Fsp3) is 0.286. The van der Waals surface area contributed by atoms with Crippen molar-refractivity contribution >= 4 is 17.8 Å². The summed E-state index contributed by atoms with van der Waals surface area (Å²) < 4.78 is 15.1. The molecule has 0 atom stereocenters. The first kappa shape index (κ1) is 21.7. The zero-order valence-corrected chi connectivity index (χ0v) is 16.4. The number of hydrogen-bond acceptors (Lipinski definition) is 6. The zero-order valence-electron chi connectivity index (χ0n) is 16.4. The highest BCUT2D eigenvalue weighted by Gasteiger charge is 2.12. The third-order valence-corrected chi connectivity index (χ3v) is 3.98. The molecule has 8 heteroatoms. The van der Waals surface area contributed by atoms with Crippen molar-refractivity contribution in [1.82, 2.24) is 10.6 Å². The average Bonchev–Trinajstić information content (AvgIpc) is 2.76. The Morgan fingerprint density at radius 1 is 0.897 bits per heavy atom. The molecule has 0 fully saturated rings. The first-order chi connectivity index (χ1) is 14.0. The Balaban J connectivity index is 1.64. The van der Waals surface area contributed by atoms with Gasteiger partial charge >= 0.3 is 5.97 Å². The summed E-state index contributed by atoms with van der Waals surface area (Å²) >= 11 is 0. The zero-order chi connectivity index (χ0) is 21.1. The van der Waals surface area contributed by atoms with Crippen LogP contribution in [0.1, 0.15) is 22.3 Å². The number of methoxy groups -OCH3 is 2. The number of para-hydroxylation sites is 1. The molecule has 0 saturated carbocycles. The second-order valence-corrected chi connectivity index (χ2v) is 5.99. The lowest BCUT2D eigenvalue weighted by molar-refractivity contribution is -0.148. The molecule has 154 valence electrons. The predicted octanol–water partition coefficient (Wildman–Crippen LogP) is 1.68. The maximum absolute atomic E-state index is 12.1. The van der Waals surface area contributed by atoms with Crippen LogP contribution in [-0.4, -0.2) is 45.2 Å². The number of rotatable bonds is 10. The van der Waals surface area contributed by atoms with Gasteiger partial charge in [-0.15, -0.1) is 0 Å². The van der Waals surface area contributed by atoms with Gasteiger partial charge in [-0.25, -0.2) is 0 Å². The first-order valence-electron chi connectivity index (χ1n) is 9.00. The Morgan fingerprint density at radius 3 is 2.31 bits per heavy atom. The van der Waals surface area contributed by atoms with Gasteiger partial charge in [0.25, 0.3) is 11.8 Å². The molecule has 0 aliphatic rings. The molecule has 29 heavy (non-hydrogen) atoms. The van der Waals surface area contributed by atoms with E-state index < -0.39 is 11.9 Å². The minimum Gasteiger partial charge on any atom is -0.497 e. The van der Waals surface area contributed by atoms with E-state index in [4.69, 9.17) is 14.2 Å². The Morgan fingerprint density at radius 2 is 1.62 bits per heavy atom. The molecular formula is C21H24N2O6. The van der Waals surface area contributed by atoms with Crippen molar-refractivity contribution in [2.45, 2.75) is 13.0 Å². The Labute approximate surface area is 169 Å². The molecule has 8 nitrogen and oxygen atoms in total. The smallest absolute Gasteiger partial charge is 0.308 e. The summed E-state index contributed by atoms with van der Waals surface area (Å²) in [5.41, 5.74) is 1.27. The van der Waals surface area contributed by atoms with Crippen LogP contribution in [0.5, 0.6) is 11.5 Å². The van der Waals surface area contributed by atoms with E-state index >= 15 is 0 Å². The van der Waals surface area contributed by atoms with E-state index in [0.29, 0.717) is 17.9 Å². The predicted molar refractivity (Wildman–Crippen MR) is 106 cm³/mol. The molecule has 0 aromatic heterocycles. The van der Waals surface area contributed by atoms with Crippen molar-refractivity contribution in [3.63, 3.8) is 0 Å². The molecule has 0 aliphatic carbocycles. The molecule has 0 aliphatic heterocycles. The van der Waals surface area contributed by atoms with Gasteiger partial charge in [0, 0.05) is 13.1 Å². The van der Waals surface area contributed by atoms with Gasteiger partial charge < -0.3 is 24.8 Å². The number of carbonyl (C=O) groups is 3. The minimum atomic E-state index is -0.579. The molecular weight excluding hydrogens is 376 g/mol. The fourth-order valence-electron chi connectivity index (χ4n) is 2.42. The van der Waals surface area contributed by atoms with Gasteiger partial charge in [0.05, 0.1) is 26.2 Å². The molecule has 2 aromatic rings. The number of benzene rings is 2. The quantitative estimate of drug-likeness (QED) is 0.589. The van der Waals surface area contributed by atoms with E-state index in [1.807, 2.05) is 12.1 Å². The van der Waals surface area contributed by atoms with Crippen LogP contribution >= 0.6 is 0 Å². The van der Waals surface area contributed by atoms with E-state index in [-0.39, 0.29) is 25.5 Å². The second-order valence-electron chi connectivity index (χ2n) is 5.99. The highest BCUT2D eigenvalue weighted by Crippen LogP contribution is 2.16. The molecule has 0 saturated heterocycles. The van der Waals surface area contributed by atoms with Crippen LogP contribution in [-0.2, 0) is 20.9 Å². The molecule has 2 amide bonds. The lowest BCUT2D eigenvalue weighted by Crippen LogP contribution is -2.30. The van der Waals surface area contributed by atoms with Crippen LogP contribution in [0.3, 0.4) is 0 Å². The van der Waals surface area contributed by atoms with Gasteiger partial charge in [-0.1, -0.05) is 24.3 Å². The van der Waals surface area contributed by atoms with Crippen LogP contribution in [0.15, 0.2) is 48.5 Å². The molecule has 0 heterocycles. The van der Waals surface area contributed by atoms with Gasteiger partial charge in [0.15, 0.2) is 6.61 Å². The summed E-state index contributed by atoms with van der Waals surface area (Å²) in [5, 5.41) is 5.28. The van der Waals surface area contributed by atoms with Gasteiger partial charge in [0.2, 0.25) is 0 Å². The van der Waals surface area contributed by atoms with Crippen LogP contribution < -0.4 is 20.1 Å². The molecule has 0 bridgehead atoms. The van der Waals surface area contributed by atoms with E-state index in [1.54, 1.807) is 43.5 Å². The van der Waals surface area contributed by atoms with Crippen molar-refractivity contribution in [2.24, 2.45) is 0 Å². The standard InChI is InChI=1S/C21H24N2O6/c1-27-16-9-7-15(8-10-16)13-23-19(24)14-29-20(25)11-12-22-21(26)17-5-3-4-6-18(17)28-2/h3-10H,11-14H2,1-2H3,(H,22,26)(H,23,24). The van der Waals surface area contributed by atoms with E-state index in [9.17, 15) is 14.4 Å². The number of amides is 2. The third-order valence-electron chi connectivity index (χ3n) is 3.98. The van der Waals surface area contributed by atoms with Crippen LogP contribution in [0.25, 0.3) is 0 Å². The lowest BCUT2D eigenvalue weighted by Gasteiger charge is -2.09. The highest BCUT2D eigenvalue weighted by molar-refractivity contribution is 5.97. The molecule has 2 aromatic carbocycles. The molecule has 0 radical (unpaired) electrons. The van der Waals surface area contributed by atoms with Crippen molar-refractivity contribution in [2.75, 3.05) is 27.4 Å². The second kappa shape index (κ2) is 11.3. The Kier molecular flexibility index (Phi) is 8.50. The number of ether oxygens (including phenoxy) is 3. The van der Waals surface area contributed by atoms with Crippen LogP contribution in [0.2, 0.25) is 0 Å². The van der Waals surface area contributed by atoms with E-state index in [2.05, 4.69) is 10.6 Å². The molecule has 0 unspecified atom stereocenters. The molecule has 2 N–H and O–H groups in total. The van der Waals surface area contributed by atoms with Gasteiger partial charge in [-0.05, 0) is 29.8 Å². The summed E-state index contributed by atoms with van der Waals surface area (Å²) in [4.78, 5) is 35.6. The number of esters is 1. The normalized spacial score (nSPS) is 10.0. The third kappa shape index (κ3) is 7.17. The van der Waals surface area contributed by atoms with E-state index in [0.717, 1.165) is 11.3 Å². The van der Waals surface area contributed by atoms with Crippen LogP contribution in [0.4, 0.5) is 0 Å². The maximum atomic E-state index is 12.1. The largest absolute Gasteiger partial charge is 0.497 e. The SMILES string of the molecule is COc1ccc(CNC(=O)COC(=O)CCNC(=O)c2ccccc2OC)cc1. The fourth-order valence-corrected chi connectivity index (χ4v) is 2.42. The van der Waals surface area contributed by atoms with Gasteiger partial charge in [-0.2, -0.15) is 0 Å². The van der Waals surface area contributed by atoms with Gasteiger partial charge in [-0.3, -0.25) is 14.4 Å². The molecule has 0 spiro atoms. The van der Waals surface area contributed by atoms with E-state index in [1.165, 1.54) is 7.11 Å². The Hall–Kier alpha value is -3.55. The minimum absolute atomic E-state index is 0.0490. The van der Waals surface area contributed by atoms with Crippen molar-refractivity contribution in [1.29, 1.82) is 0 Å². The number of carbonyl (C=O) groups excluding carboxylic acids is 3. The highest BCUT2D eigenvalue weighted by atomic mass is 16.5. The molecule has 2 rings (SSSR count). The van der Waals surface area contributed by atoms with Gasteiger partial charge in [0.1, 0.15) is 11.5 Å². The van der Waals surface area contributed by atoms with Crippen molar-refractivity contribution in [3.8, 4) is 11.5 Å².